The monoisotopic (exact) mass is 486 g/mol. The number of β-lactam (4-membered cyclic amide) rings is 1. The number of carbonyl (C=O) groups excluding carboxylic acids is 1. The number of nitrogens with zero attached hydrogens (tertiary/aromatic N) is 3. The maximum absolute atomic E-state index is 12.5. The first-order chi connectivity index (χ1) is 14.6. The summed E-state index contributed by atoms with van der Waals surface area (Å²) >= 11 is 1.56. The van der Waals surface area contributed by atoms with Gasteiger partial charge in [-0.25, -0.2) is 4.79 Å². The third-order valence-corrected chi connectivity index (χ3v) is 8.32. The minimum absolute atomic E-state index is 0. The summed E-state index contributed by atoms with van der Waals surface area (Å²) in [5.41, 5.74) is 1.20. The number of carboxylic acid groups (broad SMARTS) is 1. The van der Waals surface area contributed by atoms with Gasteiger partial charge in [-0.3, -0.25) is 4.79 Å². The molecule has 0 aromatic carbocycles. The normalized spacial score (nSPS) is 31.2. The molecule has 9 nitrogen and oxygen atoms in total. The first-order valence-corrected chi connectivity index (χ1v) is 11.6. The molecule has 2 fully saturated rings. The predicted molar refractivity (Wildman–Crippen MR) is 114 cm³/mol. The number of hydrogen-bond acceptors (Lipinski definition) is 6. The number of nitrogens with one attached hydrogen (secondary N) is 1. The van der Waals surface area contributed by atoms with Crippen molar-refractivity contribution in [3.05, 3.63) is 28.6 Å². The molecule has 3 aliphatic heterocycles. The molecule has 3 aliphatic rings. The van der Waals surface area contributed by atoms with Gasteiger partial charge in [0.15, 0.2) is 6.20 Å². The molecule has 2 saturated heterocycles. The van der Waals surface area contributed by atoms with Gasteiger partial charge in [0.25, 0.3) is 6.23 Å². The number of hydrogen-bond donors (Lipinski definition) is 4. The van der Waals surface area contributed by atoms with Crippen molar-refractivity contribution in [3.63, 3.8) is 0 Å². The first kappa shape index (κ1) is 25.0. The highest BCUT2D eigenvalue weighted by atomic mass is 35.5. The Kier molecular flexibility index (Phi) is 7.31. The van der Waals surface area contributed by atoms with Crippen LogP contribution in [0, 0.1) is 11.8 Å². The van der Waals surface area contributed by atoms with E-state index in [9.17, 15) is 24.9 Å². The van der Waals surface area contributed by atoms with E-state index in [1.165, 1.54) is 4.90 Å². The Labute approximate surface area is 197 Å². The van der Waals surface area contributed by atoms with Gasteiger partial charge < -0.3 is 37.9 Å². The van der Waals surface area contributed by atoms with Crippen molar-refractivity contribution in [3.8, 4) is 0 Å². The van der Waals surface area contributed by atoms with Crippen LogP contribution in [0.4, 0.5) is 0 Å². The maximum Gasteiger partial charge on any atom is 0.353 e. The van der Waals surface area contributed by atoms with Crippen molar-refractivity contribution in [2.75, 3.05) is 6.54 Å². The molecule has 0 bridgehead atoms. The second-order valence-corrected chi connectivity index (χ2v) is 10.2. The molecule has 11 heteroatoms. The number of aliphatic hydroxyl groups is 2. The molecule has 1 aromatic rings. The lowest BCUT2D eigenvalue weighted by Gasteiger charge is -2.46. The minimum atomic E-state index is -1.08. The van der Waals surface area contributed by atoms with Crippen LogP contribution in [-0.4, -0.2) is 66.8 Å². The van der Waals surface area contributed by atoms with Crippen LogP contribution in [0.1, 0.15) is 39.1 Å². The van der Waals surface area contributed by atoms with E-state index in [0.29, 0.717) is 0 Å². The van der Waals surface area contributed by atoms with E-state index in [1.54, 1.807) is 30.3 Å². The van der Waals surface area contributed by atoms with Crippen LogP contribution in [0.3, 0.4) is 0 Å². The van der Waals surface area contributed by atoms with Gasteiger partial charge in [-0.05, 0) is 13.3 Å². The van der Waals surface area contributed by atoms with Crippen molar-refractivity contribution in [1.82, 2.24) is 14.9 Å². The zero-order chi connectivity index (χ0) is 22.6. The van der Waals surface area contributed by atoms with E-state index in [-0.39, 0.29) is 47.3 Å². The SMILES string of the molecule is CC(O)[C@H]1C(=O)N2C(C(=O)O)=C(SC3CNC(Cc4cc[n+](C(C)O)n4C)C3)C(C)[C@@H]12.[Cl-]. The fourth-order valence-corrected chi connectivity index (χ4v) is 6.75. The number of rotatable bonds is 7. The number of aliphatic hydroxyl groups excluding tert-OH is 2. The van der Waals surface area contributed by atoms with Gasteiger partial charge in [-0.2, -0.15) is 4.68 Å². The zero-order valence-electron chi connectivity index (χ0n) is 18.6. The van der Waals surface area contributed by atoms with Gasteiger partial charge in [0.05, 0.1) is 30.8 Å². The third-order valence-electron chi connectivity index (χ3n) is 6.81. The van der Waals surface area contributed by atoms with Gasteiger partial charge in [0.1, 0.15) is 5.70 Å². The molecule has 0 spiro atoms. The van der Waals surface area contributed by atoms with Gasteiger partial charge in [-0.1, -0.05) is 11.6 Å². The fourth-order valence-electron chi connectivity index (χ4n) is 5.23. The average Bonchev–Trinajstić information content (AvgIpc) is 3.33. The maximum atomic E-state index is 12.5. The number of halogens is 1. The third kappa shape index (κ3) is 4.07. The Morgan fingerprint density at radius 2 is 2.06 bits per heavy atom. The largest absolute Gasteiger partial charge is 1.00 e. The fraction of sp³-hybridized carbons (Fsp3) is 0.667. The number of aliphatic carboxylic acids is 1. The summed E-state index contributed by atoms with van der Waals surface area (Å²) in [5.74, 6) is -2.01. The molecular weight excluding hydrogens is 456 g/mol. The Morgan fingerprint density at radius 1 is 1.38 bits per heavy atom. The molecule has 5 unspecified atom stereocenters. The topological polar surface area (TPSA) is 119 Å². The molecule has 1 amide bonds. The zero-order valence-corrected chi connectivity index (χ0v) is 20.2. The summed E-state index contributed by atoms with van der Waals surface area (Å²) in [6, 6.07) is 1.99. The second-order valence-electron chi connectivity index (χ2n) is 8.90. The molecule has 178 valence electrons. The molecule has 4 N–H and O–H groups in total. The lowest BCUT2D eigenvalue weighted by Crippen LogP contribution is -3.00. The van der Waals surface area contributed by atoms with E-state index in [0.717, 1.165) is 30.0 Å². The van der Waals surface area contributed by atoms with Gasteiger partial charge in [0.2, 0.25) is 5.91 Å². The molecule has 4 rings (SSSR count). The Hall–Kier alpha value is -1.59. The highest BCUT2D eigenvalue weighted by molar-refractivity contribution is 8.03. The quantitative estimate of drug-likeness (QED) is 0.239. The number of carbonyl (C=O) groups is 2. The van der Waals surface area contributed by atoms with Gasteiger partial charge >= 0.3 is 5.97 Å². The number of carboxylic acids is 1. The average molecular weight is 487 g/mol. The standard InChI is InChI=1S/C21H30N4O5S.ClH/c1-10-17-16(11(2)26)20(28)25(17)18(21(29)30)19(10)31-15-8-13(22-9-15)7-14-5-6-24(12(3)27)23(14)4;/h5-6,10-13,15-17,22,26-27H,7-9H2,1-4H3;1H/t10?,11?,12?,13?,15?,16-,17+;/m1./s1. The van der Waals surface area contributed by atoms with Crippen molar-refractivity contribution in [2.24, 2.45) is 18.9 Å². The molecular formula is C21H31ClN4O5S. The van der Waals surface area contributed by atoms with E-state index in [2.05, 4.69) is 5.32 Å². The summed E-state index contributed by atoms with van der Waals surface area (Å²) in [5, 5.41) is 33.3. The number of fused-ring (bicyclic) bond motifs is 1. The molecule has 0 radical (unpaired) electrons. The van der Waals surface area contributed by atoms with Crippen molar-refractivity contribution < 1.29 is 42.0 Å². The Morgan fingerprint density at radius 3 is 2.62 bits per heavy atom. The van der Waals surface area contributed by atoms with Crippen LogP contribution >= 0.6 is 11.8 Å². The Balaban J connectivity index is 0.00000289. The number of aromatic nitrogens is 2. The van der Waals surface area contributed by atoms with Crippen molar-refractivity contribution >= 4 is 23.6 Å². The van der Waals surface area contributed by atoms with Crippen LogP contribution in [0.5, 0.6) is 0 Å². The second kappa shape index (κ2) is 9.34. The minimum Gasteiger partial charge on any atom is -1.00 e. The molecule has 7 atom stereocenters. The number of amides is 1. The predicted octanol–water partition coefficient (Wildman–Crippen LogP) is -3.01. The van der Waals surface area contributed by atoms with Crippen molar-refractivity contribution in [1.29, 1.82) is 0 Å². The van der Waals surface area contributed by atoms with Crippen molar-refractivity contribution in [2.45, 2.75) is 63.3 Å². The molecule has 1 aromatic heterocycles. The summed E-state index contributed by atoms with van der Waals surface area (Å²) < 4.78 is 3.71. The molecule has 0 aliphatic carbocycles. The summed E-state index contributed by atoms with van der Waals surface area (Å²) in [6.07, 6.45) is 2.17. The summed E-state index contributed by atoms with van der Waals surface area (Å²) in [6.45, 7) is 6.03. The van der Waals surface area contributed by atoms with Crippen LogP contribution in [-0.2, 0) is 23.1 Å². The molecule has 32 heavy (non-hydrogen) atoms. The Bertz CT molecular complexity index is 933. The summed E-state index contributed by atoms with van der Waals surface area (Å²) in [7, 11) is 1.92. The first-order valence-electron chi connectivity index (χ1n) is 10.7. The van der Waals surface area contributed by atoms with Gasteiger partial charge in [0, 0.05) is 48.1 Å². The lowest BCUT2D eigenvalue weighted by atomic mass is 9.79. The molecule has 0 saturated carbocycles. The highest BCUT2D eigenvalue weighted by Gasteiger charge is 2.60. The van der Waals surface area contributed by atoms with Crippen LogP contribution in [0.15, 0.2) is 22.9 Å². The van der Waals surface area contributed by atoms with Gasteiger partial charge in [-0.15, -0.1) is 11.8 Å². The summed E-state index contributed by atoms with van der Waals surface area (Å²) in [4.78, 5) is 26.6. The van der Waals surface area contributed by atoms with Crippen LogP contribution in [0.25, 0.3) is 0 Å². The van der Waals surface area contributed by atoms with E-state index in [1.807, 2.05) is 30.9 Å². The van der Waals surface area contributed by atoms with E-state index >= 15 is 0 Å². The van der Waals surface area contributed by atoms with Crippen LogP contribution < -0.4 is 22.4 Å². The number of thioether (sulfide) groups is 1. The van der Waals surface area contributed by atoms with E-state index in [4.69, 9.17) is 0 Å². The van der Waals surface area contributed by atoms with E-state index < -0.39 is 24.2 Å². The molecule has 4 heterocycles. The highest BCUT2D eigenvalue weighted by Crippen LogP contribution is 2.51. The van der Waals surface area contributed by atoms with Crippen LogP contribution in [0.2, 0.25) is 0 Å². The smallest absolute Gasteiger partial charge is 0.353 e. The lowest BCUT2D eigenvalue weighted by molar-refractivity contribution is -0.823.